The molecule has 1 heterocycles. The Hall–Kier alpha value is -1.26. The summed E-state index contributed by atoms with van der Waals surface area (Å²) in [6.45, 7) is 4.84. The molecule has 15 heavy (non-hydrogen) atoms. The lowest BCUT2D eigenvalue weighted by atomic mass is 9.93. The molecule has 0 bridgehead atoms. The first kappa shape index (κ1) is 10.3. The molecule has 0 spiro atoms. The van der Waals surface area contributed by atoms with Crippen LogP contribution in [-0.4, -0.2) is 17.9 Å². The number of nitrogens with two attached hydrogens (primary N) is 1. The van der Waals surface area contributed by atoms with E-state index in [2.05, 4.69) is 5.43 Å². The lowest BCUT2D eigenvalue weighted by molar-refractivity contribution is 0.0675. The van der Waals surface area contributed by atoms with Crippen LogP contribution in [0.2, 0.25) is 0 Å². The Morgan fingerprint density at radius 1 is 1.40 bits per heavy atom. The number of aliphatic hydroxyl groups excluding tert-OH is 1. The maximum absolute atomic E-state index is 9.77. The Morgan fingerprint density at radius 2 is 2.00 bits per heavy atom. The van der Waals surface area contributed by atoms with Gasteiger partial charge in [0.15, 0.2) is 0 Å². The molecule has 1 aromatic carbocycles. The smallest absolute Gasteiger partial charge is 0.128 e. The van der Waals surface area contributed by atoms with E-state index in [0.29, 0.717) is 0 Å². The molecule has 0 radical (unpaired) electrons. The molecule has 82 valence electrons. The van der Waals surface area contributed by atoms with Crippen molar-refractivity contribution < 1.29 is 5.11 Å². The summed E-state index contributed by atoms with van der Waals surface area (Å²) in [6, 6.07) is 7.59. The van der Waals surface area contributed by atoms with Gasteiger partial charge in [0.2, 0.25) is 0 Å². The minimum atomic E-state index is -0.505. The summed E-state index contributed by atoms with van der Waals surface area (Å²) in [6.07, 6.45) is -0.505. The quantitative estimate of drug-likeness (QED) is 0.600. The van der Waals surface area contributed by atoms with Crippen LogP contribution in [0.15, 0.2) is 24.3 Å². The number of hydrogen-bond donors (Lipinski definition) is 3. The van der Waals surface area contributed by atoms with Crippen molar-refractivity contribution in [1.82, 2.24) is 5.43 Å². The zero-order valence-electron chi connectivity index (χ0n) is 9.07. The van der Waals surface area contributed by atoms with Crippen LogP contribution >= 0.6 is 0 Å². The number of nitrogen functional groups attached to an aromatic ring is 1. The summed E-state index contributed by atoms with van der Waals surface area (Å²) in [7, 11) is 0. The maximum Gasteiger partial charge on any atom is 0.128 e. The van der Waals surface area contributed by atoms with Crippen molar-refractivity contribution in [3.8, 4) is 0 Å². The third kappa shape index (κ3) is 1.91. The number of hydrogen-bond acceptors (Lipinski definition) is 4. The van der Waals surface area contributed by atoms with Crippen LogP contribution in [0, 0.1) is 5.41 Å². The van der Waals surface area contributed by atoms with Gasteiger partial charge in [-0.15, -0.1) is 0 Å². The van der Waals surface area contributed by atoms with Gasteiger partial charge in [0.25, 0.3) is 0 Å². The molecule has 0 aliphatic carbocycles. The van der Waals surface area contributed by atoms with Crippen LogP contribution in [0.4, 0.5) is 11.4 Å². The van der Waals surface area contributed by atoms with Crippen molar-refractivity contribution >= 4 is 11.4 Å². The zero-order valence-corrected chi connectivity index (χ0v) is 9.07. The van der Waals surface area contributed by atoms with Crippen molar-refractivity contribution in [2.75, 3.05) is 17.3 Å². The Morgan fingerprint density at radius 3 is 2.47 bits per heavy atom. The second kappa shape index (κ2) is 3.40. The average molecular weight is 207 g/mol. The molecule has 1 fully saturated rings. The molecule has 0 amide bonds. The third-order valence-electron chi connectivity index (χ3n) is 2.79. The Labute approximate surface area is 89.7 Å². The Bertz CT molecular complexity index is 347. The molecule has 1 atom stereocenters. The first-order chi connectivity index (χ1) is 6.99. The van der Waals surface area contributed by atoms with Crippen LogP contribution in [0.25, 0.3) is 0 Å². The third-order valence-corrected chi connectivity index (χ3v) is 2.79. The second-order valence-electron chi connectivity index (χ2n) is 4.70. The monoisotopic (exact) mass is 207 g/mol. The molecule has 1 unspecified atom stereocenters. The van der Waals surface area contributed by atoms with Gasteiger partial charge in [-0.1, -0.05) is 13.8 Å². The molecule has 4 heteroatoms. The van der Waals surface area contributed by atoms with E-state index >= 15 is 0 Å². The van der Waals surface area contributed by atoms with Gasteiger partial charge in [-0.05, 0) is 24.3 Å². The van der Waals surface area contributed by atoms with Gasteiger partial charge < -0.3 is 15.8 Å². The number of anilines is 2. The van der Waals surface area contributed by atoms with Gasteiger partial charge in [0.1, 0.15) is 6.23 Å². The topological polar surface area (TPSA) is 61.5 Å². The number of nitrogens with zero attached hydrogens (tertiary/aromatic N) is 1. The van der Waals surface area contributed by atoms with Crippen LogP contribution in [0.3, 0.4) is 0 Å². The predicted octanol–water partition coefficient (Wildman–Crippen LogP) is 0.938. The van der Waals surface area contributed by atoms with E-state index in [-0.39, 0.29) is 5.41 Å². The largest absolute Gasteiger partial charge is 0.399 e. The van der Waals surface area contributed by atoms with Gasteiger partial charge in [0, 0.05) is 17.6 Å². The van der Waals surface area contributed by atoms with Crippen LogP contribution in [0.1, 0.15) is 13.8 Å². The van der Waals surface area contributed by atoms with E-state index in [9.17, 15) is 5.11 Å². The Balaban J connectivity index is 2.17. The molecular formula is C11H17N3O. The molecule has 0 aromatic heterocycles. The van der Waals surface area contributed by atoms with Gasteiger partial charge in [-0.25, -0.2) is 5.43 Å². The SMILES string of the molecule is CC1(C)CN(c2ccc(N)cc2)NC1O. The maximum atomic E-state index is 9.77. The zero-order chi connectivity index (χ0) is 11.1. The molecule has 1 aliphatic rings. The van der Waals surface area contributed by atoms with Gasteiger partial charge in [-0.2, -0.15) is 0 Å². The lowest BCUT2D eigenvalue weighted by Gasteiger charge is -2.19. The minimum Gasteiger partial charge on any atom is -0.399 e. The minimum absolute atomic E-state index is 0.138. The highest BCUT2D eigenvalue weighted by Gasteiger charge is 2.37. The summed E-state index contributed by atoms with van der Waals surface area (Å²) >= 11 is 0. The fourth-order valence-electron chi connectivity index (χ4n) is 1.68. The molecule has 1 saturated heterocycles. The average Bonchev–Trinajstić information content (AvgIpc) is 2.42. The highest BCUT2D eigenvalue weighted by molar-refractivity contribution is 5.53. The fourth-order valence-corrected chi connectivity index (χ4v) is 1.68. The van der Waals surface area contributed by atoms with Gasteiger partial charge >= 0.3 is 0 Å². The molecule has 4 nitrogen and oxygen atoms in total. The highest BCUT2D eigenvalue weighted by atomic mass is 16.3. The van der Waals surface area contributed by atoms with Crippen molar-refractivity contribution in [3.05, 3.63) is 24.3 Å². The number of nitrogens with one attached hydrogen (secondary N) is 1. The van der Waals surface area contributed by atoms with Crippen molar-refractivity contribution in [2.24, 2.45) is 5.41 Å². The normalized spacial score (nSPS) is 24.5. The number of rotatable bonds is 1. The number of hydrazine groups is 1. The highest BCUT2D eigenvalue weighted by Crippen LogP contribution is 2.29. The van der Waals surface area contributed by atoms with Crippen molar-refractivity contribution in [1.29, 1.82) is 0 Å². The van der Waals surface area contributed by atoms with Crippen LogP contribution in [-0.2, 0) is 0 Å². The van der Waals surface area contributed by atoms with Gasteiger partial charge in [-0.3, -0.25) is 0 Å². The standard InChI is InChI=1S/C11H17N3O/c1-11(2)7-14(13-10(11)15)9-5-3-8(12)4-6-9/h3-6,10,13,15H,7,12H2,1-2H3. The summed E-state index contributed by atoms with van der Waals surface area (Å²) in [5.74, 6) is 0. The molecule has 0 saturated carbocycles. The van der Waals surface area contributed by atoms with E-state index in [1.165, 1.54) is 0 Å². The molecule has 1 aromatic rings. The molecule has 4 N–H and O–H groups in total. The fraction of sp³-hybridized carbons (Fsp3) is 0.455. The van der Waals surface area contributed by atoms with E-state index in [1.54, 1.807) is 0 Å². The van der Waals surface area contributed by atoms with E-state index in [1.807, 2.05) is 43.1 Å². The molecule has 2 rings (SSSR count). The van der Waals surface area contributed by atoms with E-state index in [0.717, 1.165) is 17.9 Å². The number of aliphatic hydroxyl groups is 1. The first-order valence-electron chi connectivity index (χ1n) is 5.06. The van der Waals surface area contributed by atoms with Crippen LogP contribution in [0.5, 0.6) is 0 Å². The summed E-state index contributed by atoms with van der Waals surface area (Å²) < 4.78 is 0. The number of benzene rings is 1. The lowest BCUT2D eigenvalue weighted by Crippen LogP contribution is -2.36. The van der Waals surface area contributed by atoms with Crippen molar-refractivity contribution in [2.45, 2.75) is 20.1 Å². The Kier molecular flexibility index (Phi) is 2.32. The summed E-state index contributed by atoms with van der Waals surface area (Å²) in [4.78, 5) is 0. The molecular weight excluding hydrogens is 190 g/mol. The second-order valence-corrected chi connectivity index (χ2v) is 4.70. The molecule has 1 aliphatic heterocycles. The predicted molar refractivity (Wildman–Crippen MR) is 61.1 cm³/mol. The van der Waals surface area contributed by atoms with E-state index < -0.39 is 6.23 Å². The van der Waals surface area contributed by atoms with Crippen LogP contribution < -0.4 is 16.2 Å². The first-order valence-corrected chi connectivity index (χ1v) is 5.06. The summed E-state index contributed by atoms with van der Waals surface area (Å²) in [5, 5.41) is 11.7. The van der Waals surface area contributed by atoms with Gasteiger partial charge in [0.05, 0.1) is 5.69 Å². The summed E-state index contributed by atoms with van der Waals surface area (Å²) in [5.41, 5.74) is 10.3. The van der Waals surface area contributed by atoms with E-state index in [4.69, 9.17) is 5.73 Å². The van der Waals surface area contributed by atoms with Crippen molar-refractivity contribution in [3.63, 3.8) is 0 Å².